The summed E-state index contributed by atoms with van der Waals surface area (Å²) in [6, 6.07) is 5.24. The van der Waals surface area contributed by atoms with Gasteiger partial charge in [-0.1, -0.05) is 12.1 Å². The number of carbonyl (C=O) groups is 3. The summed E-state index contributed by atoms with van der Waals surface area (Å²) in [4.78, 5) is 33.2. The maximum absolute atomic E-state index is 11.6. The lowest BCUT2D eigenvalue weighted by Crippen LogP contribution is -2.41. The second kappa shape index (κ2) is 7.68. The number of urea groups is 1. The number of esters is 1. The number of rotatable bonds is 5. The molecule has 21 heavy (non-hydrogen) atoms. The highest BCUT2D eigenvalue weighted by atomic mass is 16.5. The molecule has 1 unspecified atom stereocenters. The average Bonchev–Trinajstić information content (AvgIpc) is 2.45. The van der Waals surface area contributed by atoms with Crippen molar-refractivity contribution in [3.8, 4) is 0 Å². The van der Waals surface area contributed by atoms with Crippen LogP contribution in [-0.2, 0) is 14.3 Å². The van der Waals surface area contributed by atoms with Crippen molar-refractivity contribution >= 4 is 29.7 Å². The Labute approximate surface area is 121 Å². The minimum absolute atomic E-state index is 0.511. The van der Waals surface area contributed by atoms with E-state index in [2.05, 4.69) is 15.4 Å². The van der Waals surface area contributed by atoms with Crippen molar-refractivity contribution in [3.63, 3.8) is 0 Å². The van der Waals surface area contributed by atoms with E-state index in [0.29, 0.717) is 11.3 Å². The van der Waals surface area contributed by atoms with Crippen molar-refractivity contribution in [3.05, 3.63) is 35.9 Å². The van der Waals surface area contributed by atoms with Gasteiger partial charge in [0.25, 0.3) is 0 Å². The number of hydrogen-bond acceptors (Lipinski definition) is 4. The highest BCUT2D eigenvalue weighted by Gasteiger charge is 2.15. The SMILES string of the molecule is COC(=O)C(C)NC(=O)Nc1ccc(C=CC(=O)O)cc1. The molecule has 2 amide bonds. The molecule has 0 fully saturated rings. The maximum atomic E-state index is 11.6. The zero-order valence-electron chi connectivity index (χ0n) is 11.6. The summed E-state index contributed by atoms with van der Waals surface area (Å²) >= 11 is 0. The van der Waals surface area contributed by atoms with Crippen molar-refractivity contribution in [1.82, 2.24) is 5.32 Å². The van der Waals surface area contributed by atoms with Crippen molar-refractivity contribution in [2.24, 2.45) is 0 Å². The Balaban J connectivity index is 2.57. The first-order chi connectivity index (χ1) is 9.92. The third-order valence-corrected chi connectivity index (χ3v) is 2.49. The van der Waals surface area contributed by atoms with Crippen molar-refractivity contribution < 1.29 is 24.2 Å². The van der Waals surface area contributed by atoms with Crippen LogP contribution in [0.5, 0.6) is 0 Å². The fraction of sp³-hybridized carbons (Fsp3) is 0.214. The Bertz CT molecular complexity index is 551. The van der Waals surface area contributed by atoms with Gasteiger partial charge < -0.3 is 20.5 Å². The van der Waals surface area contributed by atoms with Gasteiger partial charge in [0.15, 0.2) is 0 Å². The summed E-state index contributed by atoms with van der Waals surface area (Å²) in [6.45, 7) is 1.51. The minimum atomic E-state index is -1.03. The molecular weight excluding hydrogens is 276 g/mol. The fourth-order valence-electron chi connectivity index (χ4n) is 1.44. The van der Waals surface area contributed by atoms with E-state index >= 15 is 0 Å². The van der Waals surface area contributed by atoms with E-state index in [4.69, 9.17) is 5.11 Å². The molecule has 0 bridgehead atoms. The number of hydrogen-bond donors (Lipinski definition) is 3. The first-order valence-corrected chi connectivity index (χ1v) is 6.09. The number of carbonyl (C=O) groups excluding carboxylic acids is 2. The van der Waals surface area contributed by atoms with E-state index in [1.54, 1.807) is 24.3 Å². The molecule has 0 radical (unpaired) electrons. The maximum Gasteiger partial charge on any atom is 0.328 e. The third-order valence-electron chi connectivity index (χ3n) is 2.49. The molecule has 1 atom stereocenters. The Hall–Kier alpha value is -2.83. The van der Waals surface area contributed by atoms with Gasteiger partial charge in [0.2, 0.25) is 0 Å². The van der Waals surface area contributed by atoms with Gasteiger partial charge in [0, 0.05) is 11.8 Å². The van der Waals surface area contributed by atoms with Gasteiger partial charge in [-0.05, 0) is 30.7 Å². The van der Waals surface area contributed by atoms with Gasteiger partial charge in [-0.2, -0.15) is 0 Å². The monoisotopic (exact) mass is 292 g/mol. The molecule has 7 heteroatoms. The van der Waals surface area contributed by atoms with E-state index in [1.807, 2.05) is 0 Å². The summed E-state index contributed by atoms with van der Waals surface area (Å²) in [5.41, 5.74) is 1.20. The molecule has 112 valence electrons. The fourth-order valence-corrected chi connectivity index (χ4v) is 1.44. The second-order valence-electron chi connectivity index (χ2n) is 4.14. The largest absolute Gasteiger partial charge is 0.478 e. The molecule has 0 heterocycles. The molecule has 0 spiro atoms. The summed E-state index contributed by atoms with van der Waals surface area (Å²) in [5.74, 6) is -1.58. The summed E-state index contributed by atoms with van der Waals surface area (Å²) in [6.07, 6.45) is 2.46. The number of benzene rings is 1. The number of carboxylic acid groups (broad SMARTS) is 1. The van der Waals surface area contributed by atoms with Crippen LogP contribution in [0.4, 0.5) is 10.5 Å². The molecule has 0 aliphatic heterocycles. The van der Waals surface area contributed by atoms with Crippen LogP contribution in [0.3, 0.4) is 0 Å². The number of aliphatic carboxylic acids is 1. The zero-order chi connectivity index (χ0) is 15.8. The lowest BCUT2D eigenvalue weighted by Gasteiger charge is -2.12. The van der Waals surface area contributed by atoms with Crippen molar-refractivity contribution in [1.29, 1.82) is 0 Å². The highest BCUT2D eigenvalue weighted by Crippen LogP contribution is 2.10. The van der Waals surface area contributed by atoms with Crippen LogP contribution in [0.1, 0.15) is 12.5 Å². The predicted molar refractivity (Wildman–Crippen MR) is 76.7 cm³/mol. The molecule has 3 N–H and O–H groups in total. The minimum Gasteiger partial charge on any atom is -0.478 e. The summed E-state index contributed by atoms with van der Waals surface area (Å²) in [7, 11) is 1.24. The molecule has 7 nitrogen and oxygen atoms in total. The lowest BCUT2D eigenvalue weighted by molar-refractivity contribution is -0.142. The average molecular weight is 292 g/mol. The Morgan fingerprint density at radius 3 is 2.38 bits per heavy atom. The van der Waals surface area contributed by atoms with Crippen LogP contribution in [0, 0.1) is 0 Å². The van der Waals surface area contributed by atoms with Gasteiger partial charge in [-0.15, -0.1) is 0 Å². The van der Waals surface area contributed by atoms with Gasteiger partial charge in [0.1, 0.15) is 6.04 Å². The van der Waals surface area contributed by atoms with Crippen molar-refractivity contribution in [2.45, 2.75) is 13.0 Å². The molecule has 1 rings (SSSR count). The van der Waals surface area contributed by atoms with Crippen LogP contribution >= 0.6 is 0 Å². The highest BCUT2D eigenvalue weighted by molar-refractivity contribution is 5.92. The van der Waals surface area contributed by atoms with Gasteiger partial charge in [-0.25, -0.2) is 14.4 Å². The Morgan fingerprint density at radius 1 is 1.24 bits per heavy atom. The molecule has 1 aromatic carbocycles. The van der Waals surface area contributed by atoms with Crippen molar-refractivity contribution in [2.75, 3.05) is 12.4 Å². The molecule has 0 aromatic heterocycles. The van der Waals surface area contributed by atoms with E-state index in [0.717, 1.165) is 6.08 Å². The summed E-state index contributed by atoms with van der Waals surface area (Å²) in [5, 5.41) is 13.5. The van der Waals surface area contributed by atoms with Crippen LogP contribution in [0.25, 0.3) is 6.08 Å². The standard InChI is InChI=1S/C14H16N2O5/c1-9(13(19)21-2)15-14(20)16-11-6-3-10(4-7-11)5-8-12(17)18/h3-9H,1-2H3,(H,17,18)(H2,15,16,20). The third kappa shape index (κ3) is 5.77. The van der Waals surface area contributed by atoms with Crippen LogP contribution in [0.15, 0.2) is 30.3 Å². The molecule has 0 saturated carbocycles. The first-order valence-electron chi connectivity index (χ1n) is 6.09. The van der Waals surface area contributed by atoms with Crippen LogP contribution < -0.4 is 10.6 Å². The van der Waals surface area contributed by atoms with Crippen LogP contribution in [0.2, 0.25) is 0 Å². The quantitative estimate of drug-likeness (QED) is 0.563. The molecular formula is C14H16N2O5. The number of methoxy groups -OCH3 is 1. The second-order valence-corrected chi connectivity index (χ2v) is 4.14. The lowest BCUT2D eigenvalue weighted by atomic mass is 10.2. The van der Waals surface area contributed by atoms with E-state index in [-0.39, 0.29) is 0 Å². The number of amides is 2. The smallest absolute Gasteiger partial charge is 0.328 e. The number of carboxylic acids is 1. The van der Waals surface area contributed by atoms with Crippen LogP contribution in [-0.4, -0.2) is 36.2 Å². The van der Waals surface area contributed by atoms with E-state index in [1.165, 1.54) is 20.1 Å². The van der Waals surface area contributed by atoms with Gasteiger partial charge in [-0.3, -0.25) is 0 Å². The van der Waals surface area contributed by atoms with Gasteiger partial charge in [0.05, 0.1) is 7.11 Å². The topological polar surface area (TPSA) is 105 Å². The molecule has 1 aromatic rings. The van der Waals surface area contributed by atoms with Gasteiger partial charge >= 0.3 is 18.0 Å². The number of anilines is 1. The van der Waals surface area contributed by atoms with E-state index in [9.17, 15) is 14.4 Å². The molecule has 0 aliphatic rings. The zero-order valence-corrected chi connectivity index (χ0v) is 11.6. The Kier molecular flexibility index (Phi) is 5.94. The summed E-state index contributed by atoms with van der Waals surface area (Å²) < 4.78 is 4.49. The molecule has 0 aliphatic carbocycles. The van der Waals surface area contributed by atoms with E-state index < -0.39 is 24.0 Å². The number of ether oxygens (including phenoxy) is 1. The molecule has 0 saturated heterocycles. The Morgan fingerprint density at radius 2 is 1.86 bits per heavy atom. The predicted octanol–water partition coefficient (Wildman–Crippen LogP) is 1.47. The normalized spacial score (nSPS) is 11.7. The first kappa shape index (κ1) is 16.2. The number of nitrogens with one attached hydrogen (secondary N) is 2.